The van der Waals surface area contributed by atoms with Crippen LogP contribution in [0.2, 0.25) is 0 Å². The van der Waals surface area contributed by atoms with E-state index in [9.17, 15) is 14.4 Å². The maximum Gasteiger partial charge on any atom is 0.339 e. The highest BCUT2D eigenvalue weighted by Crippen LogP contribution is 2.34. The highest BCUT2D eigenvalue weighted by Gasteiger charge is 2.39. The first-order chi connectivity index (χ1) is 24.3. The van der Waals surface area contributed by atoms with Crippen LogP contribution in [0.3, 0.4) is 0 Å². The lowest BCUT2D eigenvalue weighted by atomic mass is 10.0. The van der Waals surface area contributed by atoms with Gasteiger partial charge >= 0.3 is 11.9 Å². The average Bonchev–Trinajstić information content (AvgIpc) is 3.53. The van der Waals surface area contributed by atoms with Crippen LogP contribution < -0.4 is 20.1 Å². The van der Waals surface area contributed by atoms with Crippen molar-refractivity contribution >= 4 is 34.3 Å². The molecule has 3 aromatic rings. The molecule has 1 heterocycles. The van der Waals surface area contributed by atoms with E-state index in [0.717, 1.165) is 37.8 Å². The van der Waals surface area contributed by atoms with Gasteiger partial charge in [-0.05, 0) is 102 Å². The summed E-state index contributed by atoms with van der Waals surface area (Å²) in [6.07, 6.45) is 2.02. The Labute approximate surface area is 301 Å². The van der Waals surface area contributed by atoms with E-state index in [1.54, 1.807) is 41.5 Å². The normalized spacial score (nSPS) is 13.8. The fraction of sp³-hybridized carbons (Fsp3) is 0.525. The van der Waals surface area contributed by atoms with E-state index in [1.165, 1.54) is 16.3 Å². The number of esters is 2. The van der Waals surface area contributed by atoms with Gasteiger partial charge in [0.1, 0.15) is 17.8 Å². The molecule has 0 spiro atoms. The van der Waals surface area contributed by atoms with Crippen molar-refractivity contribution in [2.45, 2.75) is 103 Å². The zero-order chi connectivity index (χ0) is 36.9. The molecule has 0 bridgehead atoms. The minimum absolute atomic E-state index is 0.168. The van der Waals surface area contributed by atoms with Crippen molar-refractivity contribution in [2.24, 2.45) is 0 Å². The predicted molar refractivity (Wildman–Crippen MR) is 196 cm³/mol. The Kier molecular flexibility index (Phi) is 14.5. The van der Waals surface area contributed by atoms with E-state index in [-0.39, 0.29) is 13.4 Å². The number of amides is 1. The van der Waals surface area contributed by atoms with Crippen molar-refractivity contribution in [3.8, 4) is 11.5 Å². The molecule has 1 amide bonds. The van der Waals surface area contributed by atoms with E-state index >= 15 is 0 Å². The zero-order valence-electron chi connectivity index (χ0n) is 30.9. The number of fused-ring (bicyclic) bond motifs is 2. The van der Waals surface area contributed by atoms with Gasteiger partial charge in [0.15, 0.2) is 23.7 Å². The van der Waals surface area contributed by atoms with Crippen molar-refractivity contribution in [1.82, 2.24) is 5.32 Å². The third-order valence-corrected chi connectivity index (χ3v) is 7.80. The molecule has 2 atom stereocenters. The molecular formula is C40H54N2O9. The molecule has 1 aliphatic heterocycles. The number of carbonyl (C=O) groups excluding carboxylic acids is 3. The molecule has 0 radical (unpaired) electrons. The highest BCUT2D eigenvalue weighted by atomic mass is 16.7. The molecule has 11 heteroatoms. The lowest BCUT2D eigenvalue weighted by Crippen LogP contribution is -2.51. The maximum absolute atomic E-state index is 13.6. The van der Waals surface area contributed by atoms with Crippen LogP contribution >= 0.6 is 0 Å². The topological polar surface area (TPSA) is 131 Å². The van der Waals surface area contributed by atoms with Gasteiger partial charge in [0.25, 0.3) is 5.91 Å². The van der Waals surface area contributed by atoms with Crippen LogP contribution in [0.25, 0.3) is 10.8 Å². The van der Waals surface area contributed by atoms with E-state index in [0.29, 0.717) is 31.0 Å². The summed E-state index contributed by atoms with van der Waals surface area (Å²) in [5.41, 5.74) is 0.560. The molecule has 278 valence electrons. The number of hydrogen-bond donors (Lipinski definition) is 2. The number of hydrogen-bond acceptors (Lipinski definition) is 10. The SMILES string of the molecule is CC(C)(C)OC(=O)COC(C(=O)OC(C)(C)C)C(OCCCCNc1ccc2c(c1)OCO2)C(=O)NCCCCCc1ccc2ccccc2c1. The number of nitrogens with one attached hydrogen (secondary N) is 2. The minimum Gasteiger partial charge on any atom is -0.458 e. The second-order valence-electron chi connectivity index (χ2n) is 14.6. The van der Waals surface area contributed by atoms with E-state index < -0.39 is 47.9 Å². The third kappa shape index (κ3) is 13.7. The van der Waals surface area contributed by atoms with Crippen LogP contribution in [0.4, 0.5) is 5.69 Å². The quantitative estimate of drug-likeness (QED) is 0.102. The van der Waals surface area contributed by atoms with Crippen molar-refractivity contribution < 1.29 is 42.8 Å². The maximum atomic E-state index is 13.6. The van der Waals surface area contributed by atoms with Gasteiger partial charge in [0.05, 0.1) is 0 Å². The second kappa shape index (κ2) is 18.8. The molecule has 2 N–H and O–H groups in total. The fourth-order valence-corrected chi connectivity index (χ4v) is 5.48. The summed E-state index contributed by atoms with van der Waals surface area (Å²) < 4.78 is 33.6. The van der Waals surface area contributed by atoms with Crippen LogP contribution in [0.5, 0.6) is 11.5 Å². The number of benzene rings is 3. The summed E-state index contributed by atoms with van der Waals surface area (Å²) in [4.78, 5) is 39.6. The Morgan fingerprint density at radius 1 is 0.725 bits per heavy atom. The summed E-state index contributed by atoms with van der Waals surface area (Å²) in [7, 11) is 0. The number of rotatable bonds is 19. The highest BCUT2D eigenvalue weighted by molar-refractivity contribution is 5.89. The smallest absolute Gasteiger partial charge is 0.339 e. The number of ether oxygens (including phenoxy) is 6. The Morgan fingerprint density at radius 3 is 2.22 bits per heavy atom. The Balaban J connectivity index is 1.32. The van der Waals surface area contributed by atoms with Gasteiger partial charge in [0.2, 0.25) is 6.79 Å². The van der Waals surface area contributed by atoms with Gasteiger partial charge < -0.3 is 39.1 Å². The van der Waals surface area contributed by atoms with Crippen molar-refractivity contribution in [3.05, 3.63) is 66.2 Å². The number of aryl methyl sites for hydroxylation is 1. The third-order valence-electron chi connectivity index (χ3n) is 7.80. The molecule has 11 nitrogen and oxygen atoms in total. The van der Waals surface area contributed by atoms with Crippen molar-refractivity contribution in [2.75, 3.05) is 38.4 Å². The van der Waals surface area contributed by atoms with Crippen LogP contribution in [-0.4, -0.2) is 74.4 Å². The summed E-state index contributed by atoms with van der Waals surface area (Å²) >= 11 is 0. The van der Waals surface area contributed by atoms with Gasteiger partial charge in [-0.25, -0.2) is 9.59 Å². The van der Waals surface area contributed by atoms with Crippen LogP contribution in [0, 0.1) is 0 Å². The number of unbranched alkanes of at least 4 members (excludes halogenated alkanes) is 3. The summed E-state index contributed by atoms with van der Waals surface area (Å²) in [5.74, 6) is -0.570. The molecular weight excluding hydrogens is 652 g/mol. The Hall–Kier alpha value is -4.35. The molecule has 2 unspecified atom stereocenters. The average molecular weight is 707 g/mol. The summed E-state index contributed by atoms with van der Waals surface area (Å²) in [5, 5.41) is 8.71. The summed E-state index contributed by atoms with van der Waals surface area (Å²) in [6, 6.07) is 20.5. The molecule has 3 aromatic carbocycles. The van der Waals surface area contributed by atoms with Crippen molar-refractivity contribution in [3.63, 3.8) is 0 Å². The van der Waals surface area contributed by atoms with Gasteiger partial charge in [-0.3, -0.25) is 4.79 Å². The van der Waals surface area contributed by atoms with Crippen molar-refractivity contribution in [1.29, 1.82) is 0 Å². The molecule has 51 heavy (non-hydrogen) atoms. The lowest BCUT2D eigenvalue weighted by Gasteiger charge is -2.29. The van der Waals surface area contributed by atoms with Gasteiger partial charge in [-0.2, -0.15) is 0 Å². The van der Waals surface area contributed by atoms with E-state index in [2.05, 4.69) is 41.0 Å². The van der Waals surface area contributed by atoms with Crippen LogP contribution in [-0.2, 0) is 39.8 Å². The largest absolute Gasteiger partial charge is 0.458 e. The molecule has 4 rings (SSSR count). The van der Waals surface area contributed by atoms with E-state index in [1.807, 2.05) is 30.3 Å². The van der Waals surface area contributed by atoms with Gasteiger partial charge in [-0.1, -0.05) is 48.9 Å². The Bertz CT molecular complexity index is 1590. The first kappa shape index (κ1) is 39.4. The Morgan fingerprint density at radius 2 is 1.45 bits per heavy atom. The van der Waals surface area contributed by atoms with Gasteiger partial charge in [-0.15, -0.1) is 0 Å². The lowest BCUT2D eigenvalue weighted by molar-refractivity contribution is -0.187. The monoisotopic (exact) mass is 706 g/mol. The zero-order valence-corrected chi connectivity index (χ0v) is 30.9. The first-order valence-electron chi connectivity index (χ1n) is 17.8. The second-order valence-corrected chi connectivity index (χ2v) is 14.6. The summed E-state index contributed by atoms with van der Waals surface area (Å²) in [6.45, 7) is 11.2. The number of anilines is 1. The first-order valence-corrected chi connectivity index (χ1v) is 17.8. The minimum atomic E-state index is -1.49. The van der Waals surface area contributed by atoms with Crippen LogP contribution in [0.15, 0.2) is 60.7 Å². The number of carbonyl (C=O) groups is 3. The van der Waals surface area contributed by atoms with Crippen LogP contribution in [0.1, 0.15) is 79.2 Å². The molecule has 0 aliphatic carbocycles. The molecule has 0 saturated carbocycles. The van der Waals surface area contributed by atoms with E-state index in [4.69, 9.17) is 28.4 Å². The molecule has 0 fully saturated rings. The molecule has 0 saturated heterocycles. The van der Waals surface area contributed by atoms with Gasteiger partial charge in [0, 0.05) is 31.5 Å². The fourth-order valence-electron chi connectivity index (χ4n) is 5.48. The molecule has 0 aromatic heterocycles. The standard InChI is InChI=1S/C40H54N2O9/c1-39(2,3)50-34(43)26-47-36(38(45)51-40(4,5)6)35(46-23-13-12-21-41-31-19-20-32-33(25-31)49-27-48-32)37(44)42-22-11-7-8-14-28-17-18-29-15-9-10-16-30(29)24-28/h9-10,15-20,24-25,35-36,41H,7-8,11-14,21-23,26-27H2,1-6H3,(H,42,44). The molecule has 1 aliphatic rings. The predicted octanol–water partition coefficient (Wildman–Crippen LogP) is 6.74.